The highest BCUT2D eigenvalue weighted by molar-refractivity contribution is 5.94. The van der Waals surface area contributed by atoms with Gasteiger partial charge in [0, 0.05) is 0 Å². The number of hydrogen-bond acceptors (Lipinski definition) is 3. The Morgan fingerprint density at radius 2 is 2.21 bits per heavy atom. The lowest BCUT2D eigenvalue weighted by atomic mass is 9.87. The Bertz CT molecular complexity index is 274. The summed E-state index contributed by atoms with van der Waals surface area (Å²) in [6.07, 6.45) is 3.14. The minimum Gasteiger partial charge on any atom is -0.393 e. The van der Waals surface area contributed by atoms with Crippen molar-refractivity contribution >= 4 is 11.9 Å². The number of rotatable bonds is 3. The minimum atomic E-state index is -0.388. The van der Waals surface area contributed by atoms with E-state index in [2.05, 4.69) is 4.74 Å². The summed E-state index contributed by atoms with van der Waals surface area (Å²) in [4.78, 5) is 22.2. The number of carbonyl (C=O) groups excluding carboxylic acids is 2. The van der Waals surface area contributed by atoms with Crippen LogP contribution in [0.2, 0.25) is 0 Å². The van der Waals surface area contributed by atoms with Crippen molar-refractivity contribution in [3.63, 3.8) is 0 Å². The van der Waals surface area contributed by atoms with E-state index in [1.54, 1.807) is 0 Å². The number of cyclic esters (lactones) is 2. The van der Waals surface area contributed by atoms with Gasteiger partial charge in [0.05, 0.1) is 12.3 Å². The molecule has 1 rings (SSSR count). The lowest BCUT2D eigenvalue weighted by Crippen LogP contribution is -2.17. The monoisotopic (exact) mass is 196 g/mol. The molecule has 0 radical (unpaired) electrons. The standard InChI is InChI=1S/C11H16O3/c1-4-8(5-7(2)3)9-6-10(12)14-11(9)13/h5,8-9H,4,6H2,1-3H3. The Morgan fingerprint density at radius 3 is 2.57 bits per heavy atom. The molecule has 0 aromatic carbocycles. The SMILES string of the molecule is CCC(C=C(C)C)C1CC(=O)OC1=O. The summed E-state index contributed by atoms with van der Waals surface area (Å²) < 4.78 is 4.53. The highest BCUT2D eigenvalue weighted by Crippen LogP contribution is 2.28. The summed E-state index contributed by atoms with van der Waals surface area (Å²) in [5, 5.41) is 0. The summed E-state index contributed by atoms with van der Waals surface area (Å²) in [5.74, 6) is -0.874. The molecule has 1 heterocycles. The largest absolute Gasteiger partial charge is 0.393 e. The first kappa shape index (κ1) is 11.0. The summed E-state index contributed by atoms with van der Waals surface area (Å²) in [6, 6.07) is 0. The maximum atomic E-state index is 11.3. The molecule has 0 saturated carbocycles. The van der Waals surface area contributed by atoms with Gasteiger partial charge in [-0.05, 0) is 26.2 Å². The molecule has 1 saturated heterocycles. The molecule has 78 valence electrons. The third kappa shape index (κ3) is 2.44. The van der Waals surface area contributed by atoms with Crippen molar-refractivity contribution in [1.82, 2.24) is 0 Å². The lowest BCUT2D eigenvalue weighted by Gasteiger charge is -2.14. The number of esters is 2. The van der Waals surface area contributed by atoms with Crippen LogP contribution >= 0.6 is 0 Å². The van der Waals surface area contributed by atoms with Crippen LogP contribution in [-0.2, 0) is 14.3 Å². The molecule has 3 heteroatoms. The second kappa shape index (κ2) is 4.40. The molecule has 1 aliphatic heterocycles. The molecule has 0 aromatic heterocycles. The Morgan fingerprint density at radius 1 is 1.57 bits per heavy atom. The molecule has 2 atom stereocenters. The van der Waals surface area contributed by atoms with Gasteiger partial charge in [-0.15, -0.1) is 0 Å². The van der Waals surface area contributed by atoms with Crippen LogP contribution in [0.5, 0.6) is 0 Å². The molecule has 14 heavy (non-hydrogen) atoms. The Kier molecular flexibility index (Phi) is 3.44. The third-order valence-electron chi connectivity index (χ3n) is 2.44. The average molecular weight is 196 g/mol. The van der Waals surface area contributed by atoms with Crippen LogP contribution in [0, 0.1) is 11.8 Å². The molecule has 0 spiro atoms. The zero-order valence-electron chi connectivity index (χ0n) is 8.87. The van der Waals surface area contributed by atoms with E-state index in [0.717, 1.165) is 6.42 Å². The van der Waals surface area contributed by atoms with Gasteiger partial charge in [0.15, 0.2) is 0 Å². The first-order chi connectivity index (χ1) is 6.54. The van der Waals surface area contributed by atoms with Crippen molar-refractivity contribution in [1.29, 1.82) is 0 Å². The van der Waals surface area contributed by atoms with Crippen molar-refractivity contribution < 1.29 is 14.3 Å². The van der Waals surface area contributed by atoms with E-state index in [-0.39, 0.29) is 30.2 Å². The van der Waals surface area contributed by atoms with E-state index in [9.17, 15) is 9.59 Å². The van der Waals surface area contributed by atoms with Gasteiger partial charge >= 0.3 is 11.9 Å². The maximum absolute atomic E-state index is 11.3. The summed E-state index contributed by atoms with van der Waals surface area (Å²) in [7, 11) is 0. The predicted molar refractivity (Wildman–Crippen MR) is 52.4 cm³/mol. The van der Waals surface area contributed by atoms with Gasteiger partial charge in [-0.3, -0.25) is 9.59 Å². The van der Waals surface area contributed by atoms with Crippen molar-refractivity contribution in [3.05, 3.63) is 11.6 Å². The molecule has 0 aliphatic carbocycles. The van der Waals surface area contributed by atoms with Crippen LogP contribution in [0.15, 0.2) is 11.6 Å². The van der Waals surface area contributed by atoms with Crippen LogP contribution in [-0.4, -0.2) is 11.9 Å². The van der Waals surface area contributed by atoms with E-state index >= 15 is 0 Å². The molecule has 3 nitrogen and oxygen atoms in total. The lowest BCUT2D eigenvalue weighted by molar-refractivity contribution is -0.153. The summed E-state index contributed by atoms with van der Waals surface area (Å²) in [6.45, 7) is 6.00. The predicted octanol–water partition coefficient (Wildman–Crippen LogP) is 2.07. The smallest absolute Gasteiger partial charge is 0.317 e. The van der Waals surface area contributed by atoms with Crippen LogP contribution < -0.4 is 0 Å². The molecular formula is C11H16O3. The van der Waals surface area contributed by atoms with Crippen molar-refractivity contribution in [2.75, 3.05) is 0 Å². The molecule has 0 N–H and O–H groups in total. The topological polar surface area (TPSA) is 43.4 Å². The molecule has 0 bridgehead atoms. The van der Waals surface area contributed by atoms with Crippen molar-refractivity contribution in [2.45, 2.75) is 33.6 Å². The van der Waals surface area contributed by atoms with E-state index in [1.807, 2.05) is 26.8 Å². The quantitative estimate of drug-likeness (QED) is 0.394. The third-order valence-corrected chi connectivity index (χ3v) is 2.44. The van der Waals surface area contributed by atoms with E-state index in [4.69, 9.17) is 0 Å². The van der Waals surface area contributed by atoms with Crippen LogP contribution in [0.4, 0.5) is 0 Å². The van der Waals surface area contributed by atoms with Gasteiger partial charge in [-0.1, -0.05) is 18.6 Å². The fourth-order valence-electron chi connectivity index (χ4n) is 1.77. The molecule has 0 amide bonds. The zero-order chi connectivity index (χ0) is 10.7. The number of hydrogen-bond donors (Lipinski definition) is 0. The fourth-order valence-corrected chi connectivity index (χ4v) is 1.77. The number of allylic oxidation sites excluding steroid dienone is 2. The first-order valence-corrected chi connectivity index (χ1v) is 4.94. The van der Waals surface area contributed by atoms with Crippen molar-refractivity contribution in [3.8, 4) is 0 Å². The Hall–Kier alpha value is -1.12. The van der Waals surface area contributed by atoms with Gasteiger partial charge in [-0.2, -0.15) is 0 Å². The van der Waals surface area contributed by atoms with E-state index in [1.165, 1.54) is 5.57 Å². The van der Waals surface area contributed by atoms with E-state index < -0.39 is 0 Å². The zero-order valence-corrected chi connectivity index (χ0v) is 8.87. The van der Waals surface area contributed by atoms with Gasteiger partial charge in [-0.25, -0.2) is 0 Å². The number of carbonyl (C=O) groups is 2. The highest BCUT2D eigenvalue weighted by Gasteiger charge is 2.37. The molecule has 1 aliphatic rings. The summed E-state index contributed by atoms with van der Waals surface area (Å²) in [5.41, 5.74) is 1.17. The molecule has 1 fully saturated rings. The van der Waals surface area contributed by atoms with Crippen LogP contribution in [0.1, 0.15) is 33.6 Å². The van der Waals surface area contributed by atoms with Gasteiger partial charge in [0.2, 0.25) is 0 Å². The molecule has 0 aromatic rings. The van der Waals surface area contributed by atoms with Gasteiger partial charge in [0.25, 0.3) is 0 Å². The van der Waals surface area contributed by atoms with Gasteiger partial charge in [0.1, 0.15) is 0 Å². The second-order valence-electron chi connectivity index (χ2n) is 3.92. The first-order valence-electron chi connectivity index (χ1n) is 4.94. The van der Waals surface area contributed by atoms with E-state index in [0.29, 0.717) is 0 Å². The normalized spacial score (nSPS) is 23.2. The van der Waals surface area contributed by atoms with Crippen molar-refractivity contribution in [2.24, 2.45) is 11.8 Å². The highest BCUT2D eigenvalue weighted by atomic mass is 16.6. The van der Waals surface area contributed by atoms with Crippen LogP contribution in [0.25, 0.3) is 0 Å². The minimum absolute atomic E-state index is 0.138. The Balaban J connectivity index is 2.75. The van der Waals surface area contributed by atoms with Gasteiger partial charge < -0.3 is 4.74 Å². The molecule has 2 unspecified atom stereocenters. The summed E-state index contributed by atoms with van der Waals surface area (Å²) >= 11 is 0. The fraction of sp³-hybridized carbons (Fsp3) is 0.636. The average Bonchev–Trinajstić information content (AvgIpc) is 2.41. The maximum Gasteiger partial charge on any atom is 0.317 e. The molecular weight excluding hydrogens is 180 g/mol. The Labute approximate surface area is 84.1 Å². The van der Waals surface area contributed by atoms with Crippen LogP contribution in [0.3, 0.4) is 0 Å². The second-order valence-corrected chi connectivity index (χ2v) is 3.92. The number of ether oxygens (including phenoxy) is 1.